The van der Waals surface area contributed by atoms with E-state index in [-0.39, 0.29) is 17.1 Å². The summed E-state index contributed by atoms with van der Waals surface area (Å²) in [5, 5.41) is 10.3. The molecule has 1 aromatic carbocycles. The van der Waals surface area contributed by atoms with Crippen LogP contribution < -0.4 is 0 Å². The third-order valence-electron chi connectivity index (χ3n) is 1.45. The summed E-state index contributed by atoms with van der Waals surface area (Å²) in [7, 11) is 0. The molecule has 0 saturated carbocycles. The molecule has 0 bridgehead atoms. The molecule has 0 heterocycles. The Bertz CT molecular complexity index is 423. The molecule has 0 aliphatic heterocycles. The van der Waals surface area contributed by atoms with Crippen molar-refractivity contribution in [1.82, 2.24) is 0 Å². The zero-order chi connectivity index (χ0) is 10.6. The number of nitro benzene ring substituents is 1. The summed E-state index contributed by atoms with van der Waals surface area (Å²) in [4.78, 5) is 9.74. The summed E-state index contributed by atoms with van der Waals surface area (Å²) in [5.74, 6) is 4.29. The first kappa shape index (κ1) is 10.5. The van der Waals surface area contributed by atoms with Crippen molar-refractivity contribution in [2.75, 3.05) is 5.88 Å². The quantitative estimate of drug-likeness (QED) is 0.311. The number of halogens is 2. The van der Waals surface area contributed by atoms with Crippen molar-refractivity contribution in [3.05, 3.63) is 39.7 Å². The Morgan fingerprint density at radius 3 is 2.86 bits per heavy atom. The fourth-order valence-corrected chi connectivity index (χ4v) is 0.918. The van der Waals surface area contributed by atoms with Gasteiger partial charge in [-0.2, -0.15) is 0 Å². The highest BCUT2D eigenvalue weighted by Gasteiger charge is 2.08. The van der Waals surface area contributed by atoms with Gasteiger partial charge in [-0.1, -0.05) is 11.8 Å². The van der Waals surface area contributed by atoms with Gasteiger partial charge < -0.3 is 0 Å². The molecule has 0 saturated heterocycles. The van der Waals surface area contributed by atoms with E-state index in [1.54, 1.807) is 0 Å². The molecule has 1 aromatic rings. The second-order valence-corrected chi connectivity index (χ2v) is 2.62. The predicted molar refractivity (Wildman–Crippen MR) is 50.7 cm³/mol. The number of nitrogens with zero attached hydrogens (tertiary/aromatic N) is 1. The van der Waals surface area contributed by atoms with Crippen LogP contribution in [0, 0.1) is 27.8 Å². The predicted octanol–water partition coefficient (Wildman–Crippen LogP) is 2.32. The van der Waals surface area contributed by atoms with E-state index in [4.69, 9.17) is 11.6 Å². The van der Waals surface area contributed by atoms with E-state index in [0.717, 1.165) is 18.2 Å². The molecule has 0 atom stereocenters. The lowest BCUT2D eigenvalue weighted by molar-refractivity contribution is -0.384. The molecule has 0 fully saturated rings. The second kappa shape index (κ2) is 4.58. The van der Waals surface area contributed by atoms with Crippen LogP contribution in [0.4, 0.5) is 10.1 Å². The molecule has 0 amide bonds. The molecule has 0 aromatic heterocycles. The van der Waals surface area contributed by atoms with Gasteiger partial charge in [-0.15, -0.1) is 11.6 Å². The van der Waals surface area contributed by atoms with E-state index in [0.29, 0.717) is 0 Å². The van der Waals surface area contributed by atoms with Crippen molar-refractivity contribution in [3.63, 3.8) is 0 Å². The SMILES string of the molecule is O=[N+]([O-])c1ccc(F)c(C#CCCl)c1. The van der Waals surface area contributed by atoms with Crippen molar-refractivity contribution in [3.8, 4) is 11.8 Å². The van der Waals surface area contributed by atoms with Gasteiger partial charge in [-0.25, -0.2) is 4.39 Å². The van der Waals surface area contributed by atoms with Gasteiger partial charge in [0.05, 0.1) is 16.4 Å². The molecule has 0 N–H and O–H groups in total. The van der Waals surface area contributed by atoms with Crippen LogP contribution in [-0.4, -0.2) is 10.8 Å². The van der Waals surface area contributed by atoms with E-state index in [9.17, 15) is 14.5 Å². The number of hydrogen-bond donors (Lipinski definition) is 0. The molecule has 14 heavy (non-hydrogen) atoms. The Kier molecular flexibility index (Phi) is 3.43. The number of rotatable bonds is 1. The van der Waals surface area contributed by atoms with Gasteiger partial charge >= 0.3 is 0 Å². The molecular formula is C9H5ClFNO2. The fraction of sp³-hybridized carbons (Fsp3) is 0.111. The van der Waals surface area contributed by atoms with Crippen LogP contribution in [0.2, 0.25) is 0 Å². The molecular weight excluding hydrogens is 209 g/mol. The summed E-state index contributed by atoms with van der Waals surface area (Å²) in [6.07, 6.45) is 0. The van der Waals surface area contributed by atoms with Crippen LogP contribution in [-0.2, 0) is 0 Å². The Morgan fingerprint density at radius 2 is 2.29 bits per heavy atom. The first-order chi connectivity index (χ1) is 6.65. The van der Waals surface area contributed by atoms with Crippen molar-refractivity contribution in [1.29, 1.82) is 0 Å². The van der Waals surface area contributed by atoms with Gasteiger partial charge in [0.1, 0.15) is 5.82 Å². The molecule has 3 nitrogen and oxygen atoms in total. The van der Waals surface area contributed by atoms with Gasteiger partial charge in [0.25, 0.3) is 5.69 Å². The average molecular weight is 214 g/mol. The molecule has 1 rings (SSSR count). The topological polar surface area (TPSA) is 43.1 Å². The number of non-ortho nitro benzene ring substituents is 1. The Balaban J connectivity index is 3.14. The van der Waals surface area contributed by atoms with Crippen LogP contribution >= 0.6 is 11.6 Å². The molecule has 72 valence electrons. The molecule has 0 spiro atoms. The van der Waals surface area contributed by atoms with Gasteiger partial charge in [0.2, 0.25) is 0 Å². The zero-order valence-corrected chi connectivity index (χ0v) is 7.71. The summed E-state index contributed by atoms with van der Waals surface area (Å²) in [6.45, 7) is 0. The van der Waals surface area contributed by atoms with Crippen LogP contribution in [0.1, 0.15) is 5.56 Å². The first-order valence-electron chi connectivity index (χ1n) is 3.64. The number of benzene rings is 1. The van der Waals surface area contributed by atoms with E-state index in [2.05, 4.69) is 11.8 Å². The van der Waals surface area contributed by atoms with Gasteiger partial charge in [-0.05, 0) is 6.07 Å². The molecule has 0 aliphatic carbocycles. The smallest absolute Gasteiger partial charge is 0.258 e. The lowest BCUT2D eigenvalue weighted by atomic mass is 10.2. The maximum atomic E-state index is 13.0. The molecule has 5 heteroatoms. The number of alkyl halides is 1. The lowest BCUT2D eigenvalue weighted by Crippen LogP contribution is -1.91. The molecule has 0 unspecified atom stereocenters. The molecule has 0 radical (unpaired) electrons. The number of hydrogen-bond acceptors (Lipinski definition) is 2. The Morgan fingerprint density at radius 1 is 1.57 bits per heavy atom. The third-order valence-corrected chi connectivity index (χ3v) is 1.58. The number of nitro groups is 1. The summed E-state index contributed by atoms with van der Waals surface area (Å²) in [6, 6.07) is 3.17. The maximum absolute atomic E-state index is 13.0. The van der Waals surface area contributed by atoms with Crippen molar-refractivity contribution in [2.24, 2.45) is 0 Å². The zero-order valence-electron chi connectivity index (χ0n) is 6.96. The van der Waals surface area contributed by atoms with Crippen LogP contribution in [0.5, 0.6) is 0 Å². The largest absolute Gasteiger partial charge is 0.270 e. The fourth-order valence-electron chi connectivity index (χ4n) is 0.851. The minimum Gasteiger partial charge on any atom is -0.258 e. The highest BCUT2D eigenvalue weighted by atomic mass is 35.5. The van der Waals surface area contributed by atoms with Crippen LogP contribution in [0.15, 0.2) is 18.2 Å². The monoisotopic (exact) mass is 213 g/mol. The van der Waals surface area contributed by atoms with Crippen molar-refractivity contribution in [2.45, 2.75) is 0 Å². The minimum absolute atomic E-state index is 0.0140. The first-order valence-corrected chi connectivity index (χ1v) is 4.17. The van der Waals surface area contributed by atoms with Crippen LogP contribution in [0.3, 0.4) is 0 Å². The van der Waals surface area contributed by atoms with Crippen molar-refractivity contribution < 1.29 is 9.31 Å². The lowest BCUT2D eigenvalue weighted by Gasteiger charge is -1.94. The maximum Gasteiger partial charge on any atom is 0.270 e. The van der Waals surface area contributed by atoms with E-state index in [1.165, 1.54) is 0 Å². The third kappa shape index (κ3) is 2.44. The standard InChI is InChI=1S/C9H5ClFNO2/c10-5-1-2-7-6-8(12(13)14)3-4-9(7)11/h3-4,6H,5H2. The van der Waals surface area contributed by atoms with Crippen LogP contribution in [0.25, 0.3) is 0 Å². The highest BCUT2D eigenvalue weighted by Crippen LogP contribution is 2.15. The van der Waals surface area contributed by atoms with E-state index >= 15 is 0 Å². The summed E-state index contributed by atoms with van der Waals surface area (Å²) in [5.41, 5.74) is -0.204. The van der Waals surface area contributed by atoms with Gasteiger partial charge in [0.15, 0.2) is 0 Å². The summed E-state index contributed by atoms with van der Waals surface area (Å²) < 4.78 is 13.0. The average Bonchev–Trinajstić information content (AvgIpc) is 2.16. The molecule has 0 aliphatic rings. The Labute approximate surface area is 84.6 Å². The Hall–Kier alpha value is -1.60. The van der Waals surface area contributed by atoms with Crippen molar-refractivity contribution >= 4 is 17.3 Å². The summed E-state index contributed by atoms with van der Waals surface area (Å²) >= 11 is 5.28. The van der Waals surface area contributed by atoms with Gasteiger partial charge in [-0.3, -0.25) is 10.1 Å². The highest BCUT2D eigenvalue weighted by molar-refractivity contribution is 6.19. The van der Waals surface area contributed by atoms with E-state index < -0.39 is 10.7 Å². The van der Waals surface area contributed by atoms with Gasteiger partial charge in [0, 0.05) is 12.1 Å². The second-order valence-electron chi connectivity index (χ2n) is 2.36. The normalized spacial score (nSPS) is 9.00. The minimum atomic E-state index is -0.606. The van der Waals surface area contributed by atoms with E-state index in [1.807, 2.05) is 0 Å².